The van der Waals surface area contributed by atoms with Crippen LogP contribution in [-0.4, -0.2) is 46.0 Å². The largest absolute Gasteiger partial charge is 0.391 e. The Bertz CT molecular complexity index is 1320. The van der Waals surface area contributed by atoms with Gasteiger partial charge in [0, 0.05) is 35.7 Å². The molecule has 6 nitrogen and oxygen atoms in total. The molecule has 0 spiro atoms. The van der Waals surface area contributed by atoms with Crippen LogP contribution < -0.4 is 5.32 Å². The van der Waals surface area contributed by atoms with E-state index in [0.717, 1.165) is 11.1 Å². The molecule has 2 aliphatic rings. The minimum absolute atomic E-state index is 0.126. The first-order valence-electron chi connectivity index (χ1n) is 10.9. The van der Waals surface area contributed by atoms with Gasteiger partial charge in [0.1, 0.15) is 5.82 Å². The molecule has 1 atom stereocenters. The summed E-state index contributed by atoms with van der Waals surface area (Å²) >= 11 is 0. The average Bonchev–Trinajstić information content (AvgIpc) is 3.43. The van der Waals surface area contributed by atoms with E-state index in [2.05, 4.69) is 10.3 Å². The molecule has 3 N–H and O–H groups in total. The molecule has 2 amide bonds. The van der Waals surface area contributed by atoms with Crippen molar-refractivity contribution in [2.45, 2.75) is 26.4 Å². The van der Waals surface area contributed by atoms with E-state index < -0.39 is 6.10 Å². The van der Waals surface area contributed by atoms with Gasteiger partial charge in [0.05, 0.1) is 17.2 Å². The first kappa shape index (κ1) is 21.2. The second kappa shape index (κ2) is 8.01. The zero-order chi connectivity index (χ0) is 23.3. The number of aliphatic hydroxyl groups excluding tert-OH is 1. The Hall–Kier alpha value is -3.71. The number of likely N-dealkylation sites (tertiary alicyclic amines) is 1. The number of carbonyl (C=O) groups is 2. The monoisotopic (exact) mass is 445 g/mol. The zero-order valence-electron chi connectivity index (χ0n) is 18.4. The molecular weight excluding hydrogens is 421 g/mol. The van der Waals surface area contributed by atoms with Gasteiger partial charge in [-0.05, 0) is 61.2 Å². The third kappa shape index (κ3) is 3.64. The number of H-pyrrole nitrogens is 1. The molecule has 1 saturated heterocycles. The van der Waals surface area contributed by atoms with Crippen molar-refractivity contribution < 1.29 is 19.1 Å². The van der Waals surface area contributed by atoms with Gasteiger partial charge in [0.15, 0.2) is 0 Å². The lowest BCUT2D eigenvalue weighted by Crippen LogP contribution is -2.30. The van der Waals surface area contributed by atoms with E-state index in [0.29, 0.717) is 58.8 Å². The Kier molecular flexibility index (Phi) is 5.13. The number of aliphatic hydroxyl groups is 1. The molecule has 1 fully saturated rings. The van der Waals surface area contributed by atoms with Crippen LogP contribution in [0.25, 0.3) is 22.8 Å². The van der Waals surface area contributed by atoms with Crippen molar-refractivity contribution in [2.24, 2.45) is 0 Å². The predicted octanol–water partition coefficient (Wildman–Crippen LogP) is 4.14. The second-order valence-electron chi connectivity index (χ2n) is 8.61. The van der Waals surface area contributed by atoms with E-state index in [1.165, 1.54) is 12.1 Å². The first-order chi connectivity index (χ1) is 15.8. The Balaban J connectivity index is 1.59. The van der Waals surface area contributed by atoms with Crippen molar-refractivity contribution in [3.05, 3.63) is 76.4 Å². The number of nitrogens with zero attached hydrogens (tertiary/aromatic N) is 1. The van der Waals surface area contributed by atoms with Crippen LogP contribution >= 0.6 is 0 Å². The van der Waals surface area contributed by atoms with Gasteiger partial charge >= 0.3 is 0 Å². The van der Waals surface area contributed by atoms with Crippen LogP contribution in [0.5, 0.6) is 0 Å². The molecule has 2 aliphatic heterocycles. The van der Waals surface area contributed by atoms with E-state index in [9.17, 15) is 19.1 Å². The Morgan fingerprint density at radius 1 is 1.21 bits per heavy atom. The third-order valence-corrected chi connectivity index (χ3v) is 6.39. The Morgan fingerprint density at radius 3 is 2.73 bits per heavy atom. The van der Waals surface area contributed by atoms with Crippen LogP contribution in [0, 0.1) is 19.7 Å². The summed E-state index contributed by atoms with van der Waals surface area (Å²) in [5, 5.41) is 12.7. The summed E-state index contributed by atoms with van der Waals surface area (Å²) in [6, 6.07) is 11.8. The average molecular weight is 445 g/mol. The fourth-order valence-corrected chi connectivity index (χ4v) is 4.75. The Labute approximate surface area is 190 Å². The maximum atomic E-state index is 13.9. The number of hydrogen-bond acceptors (Lipinski definition) is 3. The van der Waals surface area contributed by atoms with E-state index in [1.54, 1.807) is 17.0 Å². The highest BCUT2D eigenvalue weighted by Gasteiger charge is 2.31. The number of halogens is 1. The lowest BCUT2D eigenvalue weighted by molar-refractivity contribution is -0.110. The SMILES string of the molecule is Cc1[nH]c(/C=C2\C(=O)Nc3cccc(-c4cccc(F)c4)c32)c(C)c1C(=O)N1CC[C@@H](O)C1. The van der Waals surface area contributed by atoms with Gasteiger partial charge in [-0.3, -0.25) is 9.59 Å². The van der Waals surface area contributed by atoms with Crippen LogP contribution in [0.2, 0.25) is 0 Å². The number of hydrogen-bond donors (Lipinski definition) is 3. The summed E-state index contributed by atoms with van der Waals surface area (Å²) < 4.78 is 13.9. The normalized spacial score (nSPS) is 18.7. The van der Waals surface area contributed by atoms with E-state index >= 15 is 0 Å². The van der Waals surface area contributed by atoms with Gasteiger partial charge < -0.3 is 20.3 Å². The first-order valence-corrected chi connectivity index (χ1v) is 10.9. The van der Waals surface area contributed by atoms with Gasteiger partial charge in [-0.15, -0.1) is 0 Å². The van der Waals surface area contributed by atoms with E-state index in [1.807, 2.05) is 38.1 Å². The smallest absolute Gasteiger partial charge is 0.256 e. The highest BCUT2D eigenvalue weighted by Crippen LogP contribution is 2.41. The Morgan fingerprint density at radius 2 is 2.00 bits per heavy atom. The lowest BCUT2D eigenvalue weighted by atomic mass is 9.94. The predicted molar refractivity (Wildman–Crippen MR) is 125 cm³/mol. The summed E-state index contributed by atoms with van der Waals surface area (Å²) in [6.07, 6.45) is 1.84. The maximum absolute atomic E-state index is 13.9. The molecule has 1 aromatic heterocycles. The standard InChI is InChI=1S/C26H24FN3O3/c1-14-22(28-15(2)23(14)26(33)30-10-9-18(31)13-30)12-20-24-19(16-5-3-6-17(27)11-16)7-4-8-21(24)29-25(20)32/h3-8,11-12,18,28,31H,9-10,13H2,1-2H3,(H,29,32)/b20-12-/t18-/m1/s1. The van der Waals surface area contributed by atoms with Gasteiger partial charge in [0.25, 0.3) is 11.8 Å². The number of nitrogens with one attached hydrogen (secondary N) is 2. The number of aryl methyl sites for hydroxylation is 1. The summed E-state index contributed by atoms with van der Waals surface area (Å²) in [5.41, 5.74) is 5.93. The molecule has 168 valence electrons. The number of aromatic nitrogens is 1. The van der Waals surface area contributed by atoms with Gasteiger partial charge in [-0.2, -0.15) is 0 Å². The fraction of sp³-hybridized carbons (Fsp3) is 0.231. The molecule has 0 bridgehead atoms. The van der Waals surface area contributed by atoms with Gasteiger partial charge in [-0.25, -0.2) is 4.39 Å². The molecule has 3 aromatic rings. The fourth-order valence-electron chi connectivity index (χ4n) is 4.75. The van der Waals surface area contributed by atoms with Crippen molar-refractivity contribution in [3.63, 3.8) is 0 Å². The summed E-state index contributed by atoms with van der Waals surface area (Å²) in [7, 11) is 0. The van der Waals surface area contributed by atoms with Crippen molar-refractivity contribution in [3.8, 4) is 11.1 Å². The van der Waals surface area contributed by atoms with Gasteiger partial charge in [-0.1, -0.05) is 24.3 Å². The molecule has 0 unspecified atom stereocenters. The molecule has 3 heterocycles. The van der Waals surface area contributed by atoms with Crippen LogP contribution in [0.3, 0.4) is 0 Å². The minimum Gasteiger partial charge on any atom is -0.391 e. The molecule has 0 radical (unpaired) electrons. The number of β-amino-alcohol motifs (C(OH)–C–C–N with tert-alkyl or cyclic N) is 1. The quantitative estimate of drug-likeness (QED) is 0.530. The highest BCUT2D eigenvalue weighted by molar-refractivity contribution is 6.36. The van der Waals surface area contributed by atoms with Gasteiger partial charge in [0.2, 0.25) is 0 Å². The van der Waals surface area contributed by atoms with Crippen LogP contribution in [0.15, 0.2) is 42.5 Å². The molecule has 7 heteroatoms. The van der Waals surface area contributed by atoms with Crippen molar-refractivity contribution in [2.75, 3.05) is 18.4 Å². The molecular formula is C26H24FN3O3. The lowest BCUT2D eigenvalue weighted by Gasteiger charge is -2.16. The maximum Gasteiger partial charge on any atom is 0.256 e. The minimum atomic E-state index is -0.491. The van der Waals surface area contributed by atoms with Crippen LogP contribution in [0.4, 0.5) is 10.1 Å². The van der Waals surface area contributed by atoms with Crippen molar-refractivity contribution >= 4 is 29.2 Å². The summed E-state index contributed by atoms with van der Waals surface area (Å²) in [4.78, 5) is 30.9. The topological polar surface area (TPSA) is 85.4 Å². The molecule has 5 rings (SSSR count). The number of amides is 2. The van der Waals surface area contributed by atoms with Crippen LogP contribution in [0.1, 0.15) is 39.3 Å². The van der Waals surface area contributed by atoms with Crippen molar-refractivity contribution in [1.29, 1.82) is 0 Å². The molecule has 0 aliphatic carbocycles. The summed E-state index contributed by atoms with van der Waals surface area (Å²) in [6.45, 7) is 4.52. The molecule has 2 aromatic carbocycles. The van der Waals surface area contributed by atoms with Crippen molar-refractivity contribution in [1.82, 2.24) is 9.88 Å². The zero-order valence-corrected chi connectivity index (χ0v) is 18.4. The molecule has 33 heavy (non-hydrogen) atoms. The number of carbonyl (C=O) groups excluding carboxylic acids is 2. The van der Waals surface area contributed by atoms with Crippen LogP contribution in [-0.2, 0) is 4.79 Å². The molecule has 0 saturated carbocycles. The number of benzene rings is 2. The number of anilines is 1. The van der Waals surface area contributed by atoms with E-state index in [-0.39, 0.29) is 17.6 Å². The third-order valence-electron chi connectivity index (χ3n) is 6.39. The number of fused-ring (bicyclic) bond motifs is 1. The van der Waals surface area contributed by atoms with E-state index in [4.69, 9.17) is 0 Å². The number of rotatable bonds is 3. The number of aromatic amines is 1. The highest BCUT2D eigenvalue weighted by atomic mass is 19.1. The second-order valence-corrected chi connectivity index (χ2v) is 8.61. The summed E-state index contributed by atoms with van der Waals surface area (Å²) in [5.74, 6) is -0.728.